The van der Waals surface area contributed by atoms with Gasteiger partial charge in [0.2, 0.25) is 6.10 Å². The molecule has 1 spiro atoms. The number of esters is 4. The van der Waals surface area contributed by atoms with Gasteiger partial charge in [0.25, 0.3) is 0 Å². The van der Waals surface area contributed by atoms with Crippen molar-refractivity contribution in [3.8, 4) is 11.5 Å². The van der Waals surface area contributed by atoms with E-state index in [1.165, 1.54) is 30.3 Å². The van der Waals surface area contributed by atoms with Gasteiger partial charge in [-0.05, 0) is 44.1 Å². The first-order chi connectivity index (χ1) is 22.1. The van der Waals surface area contributed by atoms with Crippen LogP contribution in [0.4, 0.5) is 13.2 Å². The lowest BCUT2D eigenvalue weighted by Gasteiger charge is -2.61. The highest BCUT2D eigenvalue weighted by molar-refractivity contribution is 5.93. The number of piperidine rings is 1. The molecule has 1 saturated heterocycles. The molecule has 0 unspecified atom stereocenters. The molecule has 0 amide bonds. The third-order valence-electron chi connectivity index (χ3n) is 9.33. The third-order valence-corrected chi connectivity index (χ3v) is 9.33. The molecule has 47 heavy (non-hydrogen) atoms. The summed E-state index contributed by atoms with van der Waals surface area (Å²) in [6.45, 7) is 0.523. The molecule has 2 aromatic carbocycles. The van der Waals surface area contributed by atoms with Crippen molar-refractivity contribution < 1.29 is 71.7 Å². The summed E-state index contributed by atoms with van der Waals surface area (Å²) in [4.78, 5) is 51.5. The molecule has 250 valence electrons. The second-order valence-electron chi connectivity index (χ2n) is 11.8. The van der Waals surface area contributed by atoms with E-state index in [-0.39, 0.29) is 35.3 Å². The van der Waals surface area contributed by atoms with Crippen LogP contribution in [-0.4, -0.2) is 98.9 Å². The van der Waals surface area contributed by atoms with E-state index in [9.17, 15) is 52.8 Å². The highest BCUT2D eigenvalue weighted by Gasteiger charge is 2.72. The number of hydrogen-bond acceptors (Lipinski definition) is 13. The van der Waals surface area contributed by atoms with Gasteiger partial charge >= 0.3 is 30.1 Å². The van der Waals surface area contributed by atoms with Crippen molar-refractivity contribution >= 4 is 23.9 Å². The first-order valence-corrected chi connectivity index (χ1v) is 14.4. The number of likely N-dealkylation sites (tertiary alicyclic amines) is 1. The second kappa shape index (κ2) is 11.3. The molecular formula is C31H28F3NO12. The van der Waals surface area contributed by atoms with Gasteiger partial charge in [-0.25, -0.2) is 19.2 Å². The number of likely N-dealkylation sites (N-methyl/N-ethyl adjacent to an activating group) is 1. The van der Waals surface area contributed by atoms with Crippen molar-refractivity contribution in [3.05, 3.63) is 71.0 Å². The van der Waals surface area contributed by atoms with Crippen molar-refractivity contribution in [1.29, 1.82) is 0 Å². The monoisotopic (exact) mass is 663 g/mol. The standard InChI is InChI=1S/C31H28F3NO12/c1-35-12-11-29-19-15-7-8-16(36)23(19)45-24(29)17(9-10-30(29,43)18(35)13-15)44-25(39)20(37)21(38)26(40)46-22(14-5-3-2-4-6-14)27(41)47-28(42)31(32,33)34/h2-9,18,20-22,24,36-38,43H,10-13H2,1H3/t18-,20-,21-,22-,24+,29+,30-/m1/s1. The van der Waals surface area contributed by atoms with Gasteiger partial charge in [-0.1, -0.05) is 36.4 Å². The lowest BCUT2D eigenvalue weighted by molar-refractivity contribution is -0.207. The normalized spacial score (nSPS) is 27.7. The number of nitrogens with zero attached hydrogens (tertiary/aromatic N) is 1. The molecule has 2 heterocycles. The molecule has 0 aromatic heterocycles. The number of halogens is 3. The Labute approximate surface area is 263 Å². The van der Waals surface area contributed by atoms with E-state index in [1.807, 2.05) is 11.9 Å². The predicted octanol–water partition coefficient (Wildman–Crippen LogP) is 0.851. The fourth-order valence-electron chi connectivity index (χ4n) is 7.14. The van der Waals surface area contributed by atoms with Crippen molar-refractivity contribution in [3.63, 3.8) is 0 Å². The number of aromatic hydroxyl groups is 1. The Morgan fingerprint density at radius 2 is 1.70 bits per heavy atom. The summed E-state index contributed by atoms with van der Waals surface area (Å²) in [7, 11) is 1.87. The van der Waals surface area contributed by atoms with Crippen LogP contribution in [0.2, 0.25) is 0 Å². The molecule has 4 N–H and O–H groups in total. The maximum absolute atomic E-state index is 13.1. The zero-order chi connectivity index (χ0) is 34.1. The lowest BCUT2D eigenvalue weighted by Crippen LogP contribution is -2.74. The van der Waals surface area contributed by atoms with E-state index < -0.39 is 65.5 Å². The second-order valence-corrected chi connectivity index (χ2v) is 11.8. The molecule has 2 aliphatic carbocycles. The van der Waals surface area contributed by atoms with Crippen LogP contribution in [0, 0.1) is 0 Å². The molecule has 13 nitrogen and oxygen atoms in total. The Morgan fingerprint density at radius 1 is 1.02 bits per heavy atom. The van der Waals surface area contributed by atoms with E-state index in [0.29, 0.717) is 24.9 Å². The first-order valence-electron chi connectivity index (χ1n) is 14.4. The minimum atomic E-state index is -5.56. The molecule has 1 fully saturated rings. The number of phenols is 1. The van der Waals surface area contributed by atoms with Gasteiger partial charge in [0, 0.05) is 23.6 Å². The Kier molecular flexibility index (Phi) is 7.82. The quantitative estimate of drug-likeness (QED) is 0.186. The summed E-state index contributed by atoms with van der Waals surface area (Å²) in [6, 6.07) is 9.23. The summed E-state index contributed by atoms with van der Waals surface area (Å²) < 4.78 is 58.2. The maximum Gasteiger partial charge on any atom is 0.491 e. The van der Waals surface area contributed by atoms with Crippen LogP contribution in [0.25, 0.3) is 0 Å². The number of carbonyl (C=O) groups is 4. The third kappa shape index (κ3) is 5.02. The molecule has 0 saturated carbocycles. The van der Waals surface area contributed by atoms with Gasteiger partial charge in [0.05, 0.1) is 11.0 Å². The molecule has 2 bridgehead atoms. The minimum absolute atomic E-state index is 0.0166. The van der Waals surface area contributed by atoms with Gasteiger partial charge in [-0.15, -0.1) is 0 Å². The number of benzene rings is 2. The van der Waals surface area contributed by atoms with Crippen molar-refractivity contribution in [2.24, 2.45) is 0 Å². The fourth-order valence-corrected chi connectivity index (χ4v) is 7.14. The Hall–Kier alpha value is -4.51. The smallest absolute Gasteiger partial charge is 0.491 e. The minimum Gasteiger partial charge on any atom is -0.504 e. The number of phenolic OH excluding ortho intramolecular Hbond substituents is 1. The van der Waals surface area contributed by atoms with Crippen LogP contribution in [0.15, 0.2) is 54.3 Å². The molecule has 2 aliphatic heterocycles. The van der Waals surface area contributed by atoms with Crippen molar-refractivity contribution in [2.75, 3.05) is 13.6 Å². The Bertz CT molecular complexity index is 1680. The van der Waals surface area contributed by atoms with Crippen LogP contribution in [-0.2, 0) is 45.2 Å². The molecule has 2 aromatic rings. The molecule has 4 aliphatic rings. The Morgan fingerprint density at radius 3 is 2.38 bits per heavy atom. The van der Waals surface area contributed by atoms with Crippen molar-refractivity contribution in [2.45, 2.75) is 66.9 Å². The summed E-state index contributed by atoms with van der Waals surface area (Å²) in [5, 5.41) is 43.9. The molecule has 6 rings (SSSR count). The summed E-state index contributed by atoms with van der Waals surface area (Å²) in [6.07, 6.45) is -12.2. The van der Waals surface area contributed by atoms with Crippen LogP contribution in [0.3, 0.4) is 0 Å². The largest absolute Gasteiger partial charge is 0.504 e. The lowest BCUT2D eigenvalue weighted by atomic mass is 9.50. The van der Waals surface area contributed by atoms with Gasteiger partial charge in [-0.2, -0.15) is 13.2 Å². The SMILES string of the molecule is CN1CC[C@]23c4c5ccc(O)c4O[C@H]2C(OC(=O)[C@H](O)[C@@H](O)C(=O)O[C@@H](C(=O)OC(=O)C(F)(F)F)c2ccccc2)=CC[C@@]3(O)[C@H]1C5. The zero-order valence-corrected chi connectivity index (χ0v) is 24.5. The number of rotatable bonds is 7. The van der Waals surface area contributed by atoms with Crippen LogP contribution in [0.5, 0.6) is 11.5 Å². The highest BCUT2D eigenvalue weighted by atomic mass is 19.4. The van der Waals surface area contributed by atoms with E-state index >= 15 is 0 Å². The van der Waals surface area contributed by atoms with E-state index in [4.69, 9.17) is 14.2 Å². The summed E-state index contributed by atoms with van der Waals surface area (Å²) >= 11 is 0. The highest BCUT2D eigenvalue weighted by Crippen LogP contribution is 2.65. The maximum atomic E-state index is 13.1. The van der Waals surface area contributed by atoms with E-state index in [2.05, 4.69) is 4.74 Å². The fraction of sp³-hybridized carbons (Fsp3) is 0.419. The number of aliphatic hydroxyl groups excluding tert-OH is 2. The summed E-state index contributed by atoms with van der Waals surface area (Å²) in [5.74, 6) is -8.50. The van der Waals surface area contributed by atoms with E-state index in [0.717, 1.165) is 17.7 Å². The van der Waals surface area contributed by atoms with Gasteiger partial charge < -0.3 is 44.3 Å². The van der Waals surface area contributed by atoms with Gasteiger partial charge in [0.1, 0.15) is 5.76 Å². The topological polar surface area (TPSA) is 189 Å². The number of hydrogen-bond donors (Lipinski definition) is 4. The molecule has 7 atom stereocenters. The van der Waals surface area contributed by atoms with Gasteiger partial charge in [0.15, 0.2) is 29.8 Å². The van der Waals surface area contributed by atoms with Crippen LogP contribution in [0.1, 0.15) is 35.6 Å². The summed E-state index contributed by atoms with van der Waals surface area (Å²) in [5.41, 5.74) is -1.40. The number of aliphatic hydroxyl groups is 3. The van der Waals surface area contributed by atoms with E-state index in [1.54, 1.807) is 6.07 Å². The molecule has 0 radical (unpaired) electrons. The number of alkyl halides is 3. The first kappa shape index (κ1) is 32.4. The molecular weight excluding hydrogens is 635 g/mol. The van der Waals surface area contributed by atoms with Crippen LogP contribution < -0.4 is 4.74 Å². The number of ether oxygens (including phenoxy) is 4. The Balaban J connectivity index is 1.21. The van der Waals surface area contributed by atoms with Crippen molar-refractivity contribution in [1.82, 2.24) is 4.90 Å². The van der Waals surface area contributed by atoms with Crippen LogP contribution >= 0.6 is 0 Å². The van der Waals surface area contributed by atoms with Gasteiger partial charge in [-0.3, -0.25) is 0 Å². The average molecular weight is 664 g/mol. The number of carbonyl (C=O) groups excluding carboxylic acids is 4. The zero-order valence-electron chi connectivity index (χ0n) is 24.5. The predicted molar refractivity (Wildman–Crippen MR) is 147 cm³/mol. The average Bonchev–Trinajstić information content (AvgIpc) is 3.39. The molecule has 16 heteroatoms.